The van der Waals surface area contributed by atoms with Crippen molar-refractivity contribution in [2.75, 3.05) is 32.2 Å². The van der Waals surface area contributed by atoms with E-state index in [1.807, 2.05) is 0 Å². The van der Waals surface area contributed by atoms with Gasteiger partial charge in [-0.05, 0) is 61.5 Å². The zero-order valence-electron chi connectivity index (χ0n) is 17.9. The highest BCUT2D eigenvalue weighted by Gasteiger charge is 2.13. The summed E-state index contributed by atoms with van der Waals surface area (Å²) in [6.07, 6.45) is 2.76. The molecule has 2 rings (SSSR count). The highest BCUT2D eigenvalue weighted by molar-refractivity contribution is 7.80. The summed E-state index contributed by atoms with van der Waals surface area (Å²) in [5.74, 6) is 0.141. The van der Waals surface area contributed by atoms with Gasteiger partial charge in [-0.3, -0.25) is 14.9 Å². The first kappa shape index (κ1) is 24.3. The second-order valence-corrected chi connectivity index (χ2v) is 7.19. The fraction of sp³-hybridized carbons (Fsp3) is 0.348. The third kappa shape index (κ3) is 8.35. The Kier molecular flexibility index (Phi) is 10.5. The van der Waals surface area contributed by atoms with Crippen LogP contribution in [0.5, 0.6) is 5.75 Å². The number of rotatable bonds is 11. The van der Waals surface area contributed by atoms with Crippen LogP contribution in [0.4, 0.5) is 5.69 Å². The van der Waals surface area contributed by atoms with E-state index in [1.165, 1.54) is 0 Å². The number of hydrogen-bond donors (Lipinski definition) is 3. The first-order valence-corrected chi connectivity index (χ1v) is 10.7. The maximum absolute atomic E-state index is 12.5. The van der Waals surface area contributed by atoms with E-state index < -0.39 is 0 Å². The molecule has 0 aliphatic heterocycles. The lowest BCUT2D eigenvalue weighted by Crippen LogP contribution is -2.35. The van der Waals surface area contributed by atoms with Crippen LogP contribution >= 0.6 is 12.2 Å². The van der Waals surface area contributed by atoms with Crippen molar-refractivity contribution in [2.45, 2.75) is 26.2 Å². The summed E-state index contributed by atoms with van der Waals surface area (Å²) in [6, 6.07) is 13.8. The first-order chi connectivity index (χ1) is 15.0. The van der Waals surface area contributed by atoms with Gasteiger partial charge in [-0.2, -0.15) is 0 Å². The van der Waals surface area contributed by atoms with E-state index in [0.29, 0.717) is 36.6 Å². The van der Waals surface area contributed by atoms with Crippen molar-refractivity contribution in [1.29, 1.82) is 0 Å². The number of methoxy groups -OCH3 is 1. The fourth-order valence-corrected chi connectivity index (χ4v) is 2.87. The van der Waals surface area contributed by atoms with Gasteiger partial charge in [0, 0.05) is 25.8 Å². The molecule has 31 heavy (non-hydrogen) atoms. The molecule has 0 fully saturated rings. The number of carbonyl (C=O) groups is 2. The van der Waals surface area contributed by atoms with Crippen molar-refractivity contribution < 1.29 is 19.1 Å². The van der Waals surface area contributed by atoms with Crippen LogP contribution in [0.1, 0.15) is 46.9 Å². The Hall–Kier alpha value is -2.97. The zero-order chi connectivity index (χ0) is 22.5. The van der Waals surface area contributed by atoms with E-state index in [1.54, 1.807) is 55.6 Å². The van der Waals surface area contributed by atoms with Crippen LogP contribution < -0.4 is 20.7 Å². The average molecular weight is 444 g/mol. The topological polar surface area (TPSA) is 88.7 Å². The highest BCUT2D eigenvalue weighted by Crippen LogP contribution is 2.16. The maximum Gasteiger partial charge on any atom is 0.257 e. The minimum absolute atomic E-state index is 0.105. The quantitative estimate of drug-likeness (QED) is 0.362. The summed E-state index contributed by atoms with van der Waals surface area (Å²) in [7, 11) is 1.62. The molecule has 7 nitrogen and oxygen atoms in total. The number of para-hydroxylation sites is 1. The lowest BCUT2D eigenvalue weighted by molar-refractivity contribution is 0.0947. The molecule has 0 heterocycles. The molecule has 0 saturated carbocycles. The van der Waals surface area contributed by atoms with Crippen LogP contribution in [-0.4, -0.2) is 43.8 Å². The third-order valence-electron chi connectivity index (χ3n) is 4.34. The Morgan fingerprint density at radius 3 is 2.42 bits per heavy atom. The number of thiocarbonyl (C=S) groups is 1. The standard InChI is InChI=1S/C23H29N3O4S/c1-3-4-16-30-18-12-10-17(11-13-18)21(27)26-23(31)25-20-9-6-5-8-19(20)22(28)24-14-7-15-29-2/h5-6,8-13H,3-4,7,14-16H2,1-2H3,(H,24,28)(H2,25,26,27,31). The van der Waals surface area contributed by atoms with Crippen molar-refractivity contribution in [2.24, 2.45) is 0 Å². The molecule has 0 bridgehead atoms. The number of anilines is 1. The number of benzene rings is 2. The lowest BCUT2D eigenvalue weighted by atomic mass is 10.1. The minimum Gasteiger partial charge on any atom is -0.494 e. The maximum atomic E-state index is 12.5. The number of ether oxygens (including phenoxy) is 2. The molecule has 0 radical (unpaired) electrons. The number of amides is 2. The Bertz CT molecular complexity index is 871. The van der Waals surface area contributed by atoms with Gasteiger partial charge in [-0.1, -0.05) is 25.5 Å². The molecule has 2 aromatic carbocycles. The highest BCUT2D eigenvalue weighted by atomic mass is 32.1. The molecular weight excluding hydrogens is 414 g/mol. The number of hydrogen-bond acceptors (Lipinski definition) is 5. The summed E-state index contributed by atoms with van der Waals surface area (Å²) >= 11 is 5.26. The predicted octanol–water partition coefficient (Wildman–Crippen LogP) is 3.76. The SMILES string of the molecule is CCCCOc1ccc(C(=O)NC(=S)Nc2ccccc2C(=O)NCCCOC)cc1. The number of unbranched alkanes of at least 4 members (excludes halogenated alkanes) is 1. The van der Waals surface area contributed by atoms with Crippen molar-refractivity contribution >= 4 is 34.8 Å². The molecule has 0 spiro atoms. The van der Waals surface area contributed by atoms with Crippen LogP contribution in [0.15, 0.2) is 48.5 Å². The molecule has 0 aliphatic rings. The molecule has 0 atom stereocenters. The molecule has 0 saturated heterocycles. The minimum atomic E-state index is -0.348. The van der Waals surface area contributed by atoms with Gasteiger partial charge >= 0.3 is 0 Å². The number of carbonyl (C=O) groups excluding carboxylic acids is 2. The van der Waals surface area contributed by atoms with Gasteiger partial charge in [0.1, 0.15) is 5.75 Å². The van der Waals surface area contributed by atoms with Gasteiger partial charge in [-0.15, -0.1) is 0 Å². The van der Waals surface area contributed by atoms with E-state index in [4.69, 9.17) is 21.7 Å². The molecule has 2 aromatic rings. The summed E-state index contributed by atoms with van der Waals surface area (Å²) < 4.78 is 10.6. The molecule has 0 unspecified atom stereocenters. The smallest absolute Gasteiger partial charge is 0.257 e. The van der Waals surface area contributed by atoms with Crippen LogP contribution in [-0.2, 0) is 4.74 Å². The largest absolute Gasteiger partial charge is 0.494 e. The Morgan fingerprint density at radius 2 is 1.71 bits per heavy atom. The van der Waals surface area contributed by atoms with Crippen molar-refractivity contribution in [1.82, 2.24) is 10.6 Å². The summed E-state index contributed by atoms with van der Waals surface area (Å²) in [5, 5.41) is 8.50. The van der Waals surface area contributed by atoms with Gasteiger partial charge in [0.15, 0.2) is 5.11 Å². The van der Waals surface area contributed by atoms with Crippen LogP contribution in [0, 0.1) is 0 Å². The zero-order valence-corrected chi connectivity index (χ0v) is 18.7. The van der Waals surface area contributed by atoms with Crippen LogP contribution in [0.25, 0.3) is 0 Å². The summed E-state index contributed by atoms with van der Waals surface area (Å²) in [4.78, 5) is 24.9. The molecule has 3 N–H and O–H groups in total. The Balaban J connectivity index is 1.92. The fourth-order valence-electron chi connectivity index (χ4n) is 2.67. The molecule has 0 aliphatic carbocycles. The second kappa shape index (κ2) is 13.4. The van der Waals surface area contributed by atoms with Crippen molar-refractivity contribution in [3.63, 3.8) is 0 Å². The predicted molar refractivity (Wildman–Crippen MR) is 126 cm³/mol. The third-order valence-corrected chi connectivity index (χ3v) is 4.54. The van der Waals surface area contributed by atoms with E-state index in [2.05, 4.69) is 22.9 Å². The van der Waals surface area contributed by atoms with Gasteiger partial charge < -0.3 is 20.1 Å². The lowest BCUT2D eigenvalue weighted by Gasteiger charge is -2.14. The monoisotopic (exact) mass is 443 g/mol. The molecule has 2 amide bonds. The van der Waals surface area contributed by atoms with Gasteiger partial charge in [0.25, 0.3) is 11.8 Å². The van der Waals surface area contributed by atoms with Gasteiger partial charge in [0.05, 0.1) is 17.9 Å². The Labute approximate surface area is 188 Å². The van der Waals surface area contributed by atoms with Crippen molar-refractivity contribution in [3.05, 3.63) is 59.7 Å². The molecule has 8 heteroatoms. The summed E-state index contributed by atoms with van der Waals surface area (Å²) in [5.41, 5.74) is 1.40. The van der Waals surface area contributed by atoms with E-state index in [9.17, 15) is 9.59 Å². The second-order valence-electron chi connectivity index (χ2n) is 6.78. The average Bonchev–Trinajstić information content (AvgIpc) is 2.77. The number of nitrogens with one attached hydrogen (secondary N) is 3. The van der Waals surface area contributed by atoms with Gasteiger partial charge in [-0.25, -0.2) is 0 Å². The summed E-state index contributed by atoms with van der Waals surface area (Å²) in [6.45, 7) is 3.82. The van der Waals surface area contributed by atoms with Crippen LogP contribution in [0.3, 0.4) is 0 Å². The Morgan fingerprint density at radius 1 is 0.968 bits per heavy atom. The van der Waals surface area contributed by atoms with Crippen molar-refractivity contribution in [3.8, 4) is 5.75 Å². The molecule has 166 valence electrons. The van der Waals surface area contributed by atoms with E-state index in [-0.39, 0.29) is 16.9 Å². The first-order valence-electron chi connectivity index (χ1n) is 10.3. The molecular formula is C23H29N3O4S. The van der Waals surface area contributed by atoms with E-state index >= 15 is 0 Å². The van der Waals surface area contributed by atoms with Crippen LogP contribution in [0.2, 0.25) is 0 Å². The molecule has 0 aromatic heterocycles. The van der Waals surface area contributed by atoms with Gasteiger partial charge in [0.2, 0.25) is 0 Å². The van der Waals surface area contributed by atoms with E-state index in [0.717, 1.165) is 25.0 Å². The normalized spacial score (nSPS) is 10.3.